The SMILES string of the molecule is Cc1cc(-c2c(C)cc(Cl)cc2C)cc([C@H](CC(=O)O)NC(=O)[C@H](CC(C)C)NC(=O)c2cccc(N3CC[C@@H](N(C)C)C3)n2)c1F. The molecular formula is C36H45ClFN5O4. The van der Waals surface area contributed by atoms with Crippen LogP contribution in [-0.2, 0) is 9.59 Å². The molecule has 3 N–H and O–H groups in total. The minimum atomic E-state index is -1.21. The standard InChI is InChI=1S/C36H45ClFN5O4/c1-20(2)13-30(41-35(46)28-9-8-10-31(39-28)43-12-11-26(19-43)42(6)7)36(47)40-29(18-32(44)45)27-17-24(14-23(5)34(27)38)33-21(3)15-25(37)16-22(33)4/h8-10,14-17,20,26,29-30H,11-13,18-19H2,1-7H3,(H,40,47)(H,41,46)(H,44,45)/t26-,29+,30+/m1/s1. The topological polar surface area (TPSA) is 115 Å². The first kappa shape index (κ1) is 35.8. The van der Waals surface area contributed by atoms with E-state index in [1.165, 1.54) is 0 Å². The molecule has 1 fully saturated rings. The largest absolute Gasteiger partial charge is 0.481 e. The van der Waals surface area contributed by atoms with Crippen LogP contribution < -0.4 is 15.5 Å². The van der Waals surface area contributed by atoms with Crippen molar-refractivity contribution in [1.82, 2.24) is 20.5 Å². The lowest BCUT2D eigenvalue weighted by Crippen LogP contribution is -2.48. The second-order valence-corrected chi connectivity index (χ2v) is 13.6. The summed E-state index contributed by atoms with van der Waals surface area (Å²) in [5, 5.41) is 15.9. The van der Waals surface area contributed by atoms with E-state index in [0.717, 1.165) is 36.2 Å². The minimum absolute atomic E-state index is 0.00833. The van der Waals surface area contributed by atoms with Gasteiger partial charge in [-0.05, 0) is 118 Å². The summed E-state index contributed by atoms with van der Waals surface area (Å²) in [5.74, 6) is -2.25. The van der Waals surface area contributed by atoms with E-state index < -0.39 is 42.1 Å². The van der Waals surface area contributed by atoms with Gasteiger partial charge in [0.15, 0.2) is 0 Å². The van der Waals surface area contributed by atoms with Crippen LogP contribution in [0.1, 0.15) is 71.9 Å². The number of anilines is 1. The Morgan fingerprint density at radius 2 is 1.74 bits per heavy atom. The Morgan fingerprint density at radius 3 is 2.34 bits per heavy atom. The van der Waals surface area contributed by atoms with E-state index >= 15 is 4.39 Å². The number of halogens is 2. The quantitative estimate of drug-likeness (QED) is 0.215. The number of amides is 2. The molecule has 11 heteroatoms. The maximum absolute atomic E-state index is 15.7. The van der Waals surface area contributed by atoms with Gasteiger partial charge in [0.25, 0.3) is 5.91 Å². The highest BCUT2D eigenvalue weighted by Gasteiger charge is 2.30. The number of carboxylic acid groups (broad SMARTS) is 1. The molecule has 1 aliphatic rings. The number of aryl methyl sites for hydroxylation is 3. The molecule has 0 bridgehead atoms. The van der Waals surface area contributed by atoms with E-state index in [4.69, 9.17) is 11.6 Å². The summed E-state index contributed by atoms with van der Waals surface area (Å²) in [7, 11) is 4.08. The third kappa shape index (κ3) is 8.87. The van der Waals surface area contributed by atoms with Crippen molar-refractivity contribution in [2.45, 2.75) is 72.0 Å². The molecule has 3 atom stereocenters. The normalized spacial score (nSPS) is 16.0. The van der Waals surface area contributed by atoms with Crippen LogP contribution in [-0.4, -0.2) is 72.0 Å². The highest BCUT2D eigenvalue weighted by Crippen LogP contribution is 2.35. The Bertz CT molecular complexity index is 1620. The third-order valence-corrected chi connectivity index (χ3v) is 8.87. The molecule has 2 heterocycles. The fourth-order valence-corrected chi connectivity index (χ4v) is 6.61. The summed E-state index contributed by atoms with van der Waals surface area (Å²) in [5.41, 5.74) is 3.82. The smallest absolute Gasteiger partial charge is 0.305 e. The van der Waals surface area contributed by atoms with Gasteiger partial charge in [0, 0.05) is 29.7 Å². The molecule has 1 aliphatic heterocycles. The van der Waals surface area contributed by atoms with Crippen molar-refractivity contribution in [3.8, 4) is 11.1 Å². The predicted octanol–water partition coefficient (Wildman–Crippen LogP) is 6.08. The second kappa shape index (κ2) is 15.3. The molecule has 1 aromatic heterocycles. The van der Waals surface area contributed by atoms with Crippen molar-refractivity contribution in [2.24, 2.45) is 5.92 Å². The van der Waals surface area contributed by atoms with E-state index in [1.807, 2.05) is 60.0 Å². The maximum Gasteiger partial charge on any atom is 0.305 e. The van der Waals surface area contributed by atoms with Gasteiger partial charge in [-0.25, -0.2) is 9.37 Å². The number of nitrogens with zero attached hydrogens (tertiary/aromatic N) is 3. The monoisotopic (exact) mass is 665 g/mol. The number of likely N-dealkylation sites (N-methyl/N-ethyl adjacent to an activating group) is 1. The highest BCUT2D eigenvalue weighted by molar-refractivity contribution is 6.30. The Hall–Kier alpha value is -4.02. The molecule has 47 heavy (non-hydrogen) atoms. The lowest BCUT2D eigenvalue weighted by molar-refractivity contribution is -0.137. The number of hydrogen-bond donors (Lipinski definition) is 3. The number of rotatable bonds is 12. The van der Waals surface area contributed by atoms with Gasteiger partial charge in [-0.3, -0.25) is 14.4 Å². The maximum atomic E-state index is 15.7. The van der Waals surface area contributed by atoms with Gasteiger partial charge in [-0.1, -0.05) is 31.5 Å². The predicted molar refractivity (Wildman–Crippen MR) is 183 cm³/mol. The molecule has 0 unspecified atom stereocenters. The van der Waals surface area contributed by atoms with Crippen molar-refractivity contribution >= 4 is 35.2 Å². The molecular weight excluding hydrogens is 621 g/mol. The molecule has 1 saturated heterocycles. The summed E-state index contributed by atoms with van der Waals surface area (Å²) in [4.78, 5) is 48.2. The van der Waals surface area contributed by atoms with E-state index in [0.29, 0.717) is 28.0 Å². The van der Waals surface area contributed by atoms with E-state index in [1.54, 1.807) is 31.2 Å². The zero-order valence-electron chi connectivity index (χ0n) is 28.2. The Balaban J connectivity index is 1.61. The number of aromatic nitrogens is 1. The van der Waals surface area contributed by atoms with E-state index in [9.17, 15) is 19.5 Å². The first-order valence-electron chi connectivity index (χ1n) is 15.9. The van der Waals surface area contributed by atoms with Crippen molar-refractivity contribution in [2.75, 3.05) is 32.1 Å². The number of hydrogen-bond acceptors (Lipinski definition) is 6. The molecule has 9 nitrogen and oxygen atoms in total. The van der Waals surface area contributed by atoms with Gasteiger partial charge in [0.1, 0.15) is 23.4 Å². The second-order valence-electron chi connectivity index (χ2n) is 13.2. The summed E-state index contributed by atoms with van der Waals surface area (Å²) in [6, 6.07) is 10.3. The van der Waals surface area contributed by atoms with E-state index in [-0.39, 0.29) is 23.6 Å². The molecule has 4 rings (SSSR count). The number of carbonyl (C=O) groups excluding carboxylic acids is 2. The van der Waals surface area contributed by atoms with Crippen LogP contribution in [0.15, 0.2) is 42.5 Å². The van der Waals surface area contributed by atoms with Crippen LogP contribution >= 0.6 is 11.6 Å². The lowest BCUT2D eigenvalue weighted by atomic mass is 9.90. The van der Waals surface area contributed by atoms with Gasteiger partial charge in [-0.15, -0.1) is 0 Å². The molecule has 0 spiro atoms. The van der Waals surface area contributed by atoms with Gasteiger partial charge < -0.3 is 25.5 Å². The molecule has 0 saturated carbocycles. The molecule has 252 valence electrons. The minimum Gasteiger partial charge on any atom is -0.481 e. The average Bonchev–Trinajstić information content (AvgIpc) is 3.48. The van der Waals surface area contributed by atoms with Gasteiger partial charge in [0.05, 0.1) is 12.5 Å². The molecule has 2 amide bonds. The first-order chi connectivity index (χ1) is 22.1. The van der Waals surface area contributed by atoms with E-state index in [2.05, 4.69) is 25.4 Å². The molecule has 3 aromatic rings. The molecule has 0 radical (unpaired) electrons. The van der Waals surface area contributed by atoms with Crippen LogP contribution in [0.3, 0.4) is 0 Å². The fraction of sp³-hybridized carbons (Fsp3) is 0.444. The lowest BCUT2D eigenvalue weighted by Gasteiger charge is -2.25. The number of pyridine rings is 1. The van der Waals surface area contributed by atoms with Crippen molar-refractivity contribution in [1.29, 1.82) is 0 Å². The van der Waals surface area contributed by atoms with Crippen LogP contribution in [0.4, 0.5) is 10.2 Å². The Kier molecular flexibility index (Phi) is 11.6. The summed E-state index contributed by atoms with van der Waals surface area (Å²) in [6.07, 6.45) is 0.708. The van der Waals surface area contributed by atoms with Crippen LogP contribution in [0.25, 0.3) is 11.1 Å². The fourth-order valence-electron chi connectivity index (χ4n) is 6.28. The third-order valence-electron chi connectivity index (χ3n) is 8.65. The van der Waals surface area contributed by atoms with Crippen molar-refractivity contribution < 1.29 is 23.9 Å². The number of carbonyl (C=O) groups is 3. The first-order valence-corrected chi connectivity index (χ1v) is 16.3. The van der Waals surface area contributed by atoms with Crippen molar-refractivity contribution in [3.05, 3.63) is 81.3 Å². The number of benzene rings is 2. The van der Waals surface area contributed by atoms with Crippen molar-refractivity contribution in [3.63, 3.8) is 0 Å². The van der Waals surface area contributed by atoms with Gasteiger partial charge in [0.2, 0.25) is 5.91 Å². The average molecular weight is 666 g/mol. The zero-order valence-corrected chi connectivity index (χ0v) is 28.9. The Labute approximate surface area is 281 Å². The molecule has 0 aliphatic carbocycles. The van der Waals surface area contributed by atoms with Crippen LogP contribution in [0.5, 0.6) is 0 Å². The van der Waals surface area contributed by atoms with Gasteiger partial charge in [-0.2, -0.15) is 0 Å². The van der Waals surface area contributed by atoms with Crippen LogP contribution in [0, 0.1) is 32.5 Å². The van der Waals surface area contributed by atoms with Gasteiger partial charge >= 0.3 is 5.97 Å². The number of carboxylic acids is 1. The Morgan fingerprint density at radius 1 is 1.06 bits per heavy atom. The summed E-state index contributed by atoms with van der Waals surface area (Å²) in [6.45, 7) is 10.8. The highest BCUT2D eigenvalue weighted by atomic mass is 35.5. The number of aliphatic carboxylic acids is 1. The number of nitrogens with one attached hydrogen (secondary N) is 2. The summed E-state index contributed by atoms with van der Waals surface area (Å²) >= 11 is 6.25. The van der Waals surface area contributed by atoms with Crippen LogP contribution in [0.2, 0.25) is 5.02 Å². The zero-order chi connectivity index (χ0) is 34.6. The molecule has 2 aromatic carbocycles. The summed E-state index contributed by atoms with van der Waals surface area (Å²) < 4.78 is 15.7.